The van der Waals surface area contributed by atoms with E-state index in [2.05, 4.69) is 20.4 Å². The van der Waals surface area contributed by atoms with E-state index in [9.17, 15) is 19.8 Å². The zero-order chi connectivity index (χ0) is 22.4. The van der Waals surface area contributed by atoms with E-state index in [1.54, 1.807) is 6.08 Å². The van der Waals surface area contributed by atoms with Gasteiger partial charge in [-0.2, -0.15) is 0 Å². The monoisotopic (exact) mass is 434 g/mol. The second-order valence-electron chi connectivity index (χ2n) is 11.1. The summed E-state index contributed by atoms with van der Waals surface area (Å²) >= 11 is 0. The first-order valence-corrected chi connectivity index (χ1v) is 11.6. The van der Waals surface area contributed by atoms with E-state index < -0.39 is 41.0 Å². The molecule has 5 rings (SSSR count). The first-order chi connectivity index (χ1) is 14.6. The molecular weight excluding hydrogens is 400 g/mol. The Morgan fingerprint density at radius 3 is 2.52 bits per heavy atom. The highest BCUT2D eigenvalue weighted by molar-refractivity contribution is 5.79. The standard InChI is InChI=1S/C24H34O7/c1-5-6-8-13(25)9-7-10-15(26)30-19-16-14(11-21(19,2)3)17(27)24-20(31-24)18(28)23(12-29-23)22(16,24)4/h5,14,16-20,27-28H,1,6-12H2,2-4H3. The molecule has 2 N–H and O–H groups in total. The van der Waals surface area contributed by atoms with E-state index in [-0.39, 0.29) is 35.4 Å². The Bertz CT molecular complexity index is 817. The third-order valence-corrected chi connectivity index (χ3v) is 9.15. The Morgan fingerprint density at radius 2 is 1.87 bits per heavy atom. The number of ether oxygens (including phenoxy) is 3. The van der Waals surface area contributed by atoms with Crippen LogP contribution in [0.3, 0.4) is 0 Å². The highest BCUT2D eigenvalue weighted by Gasteiger charge is 2.97. The maximum Gasteiger partial charge on any atom is 0.306 e. The summed E-state index contributed by atoms with van der Waals surface area (Å²) in [5.41, 5.74) is -2.46. The molecular formula is C24H34O7. The summed E-state index contributed by atoms with van der Waals surface area (Å²) < 4.78 is 17.9. The summed E-state index contributed by atoms with van der Waals surface area (Å²) in [4.78, 5) is 24.6. The van der Waals surface area contributed by atoms with E-state index in [4.69, 9.17) is 14.2 Å². The molecule has 5 aliphatic rings. The number of carbonyl (C=O) groups is 2. The largest absolute Gasteiger partial charge is 0.461 e. The van der Waals surface area contributed by atoms with Gasteiger partial charge < -0.3 is 24.4 Å². The van der Waals surface area contributed by atoms with Crippen LogP contribution in [-0.2, 0) is 23.8 Å². The molecule has 0 aromatic heterocycles. The zero-order valence-corrected chi connectivity index (χ0v) is 18.6. The van der Waals surface area contributed by atoms with E-state index in [0.29, 0.717) is 32.3 Å². The third-order valence-electron chi connectivity index (χ3n) is 9.15. The fourth-order valence-corrected chi connectivity index (χ4v) is 7.58. The molecule has 2 heterocycles. The minimum Gasteiger partial charge on any atom is -0.461 e. The number of Topliss-reactive ketones (excluding diaryl/α,β-unsaturated/α-hetero) is 1. The fourth-order valence-electron chi connectivity index (χ4n) is 7.58. The lowest BCUT2D eigenvalue weighted by Crippen LogP contribution is -2.54. The van der Waals surface area contributed by atoms with E-state index in [1.165, 1.54) is 0 Å². The quantitative estimate of drug-likeness (QED) is 0.341. The van der Waals surface area contributed by atoms with Gasteiger partial charge in [0.15, 0.2) is 0 Å². The molecule has 31 heavy (non-hydrogen) atoms. The summed E-state index contributed by atoms with van der Waals surface area (Å²) in [5.74, 6) is -0.406. The number of carbonyl (C=O) groups excluding carboxylic acids is 2. The van der Waals surface area contributed by atoms with Gasteiger partial charge in [-0.25, -0.2) is 0 Å². The SMILES string of the molecule is C=CCCC(=O)CCCC(=O)OC1C2C(CC1(C)C)C(O)C13OC1C(O)C1(CO1)C23C. The van der Waals surface area contributed by atoms with Crippen LogP contribution >= 0.6 is 0 Å². The first kappa shape index (κ1) is 21.6. The van der Waals surface area contributed by atoms with Crippen LogP contribution in [0, 0.1) is 22.7 Å². The number of esters is 1. The Kier molecular flexibility index (Phi) is 4.61. The number of ketones is 1. The average Bonchev–Trinajstić information content (AvgIpc) is 3.60. The molecule has 0 aromatic carbocycles. The molecule has 2 spiro atoms. The van der Waals surface area contributed by atoms with Crippen LogP contribution in [0.25, 0.3) is 0 Å². The highest BCUT2D eigenvalue weighted by atomic mass is 16.7. The predicted molar refractivity (Wildman–Crippen MR) is 110 cm³/mol. The van der Waals surface area contributed by atoms with Gasteiger partial charge in [-0.15, -0.1) is 6.58 Å². The molecule has 7 nitrogen and oxygen atoms in total. The number of hydrogen-bond acceptors (Lipinski definition) is 7. The lowest BCUT2D eigenvalue weighted by atomic mass is 9.64. The molecule has 2 aliphatic heterocycles. The molecule has 2 saturated heterocycles. The van der Waals surface area contributed by atoms with Gasteiger partial charge in [-0.05, 0) is 25.2 Å². The molecule has 9 unspecified atom stereocenters. The molecule has 7 heteroatoms. The summed E-state index contributed by atoms with van der Waals surface area (Å²) in [6, 6.07) is 0. The summed E-state index contributed by atoms with van der Waals surface area (Å²) in [5, 5.41) is 22.1. The Labute approximate surface area is 183 Å². The van der Waals surface area contributed by atoms with Crippen molar-refractivity contribution in [1.82, 2.24) is 0 Å². The van der Waals surface area contributed by atoms with Crippen molar-refractivity contribution in [2.24, 2.45) is 22.7 Å². The summed E-state index contributed by atoms with van der Waals surface area (Å²) in [6.45, 7) is 10.3. The molecule has 0 bridgehead atoms. The molecule has 0 aromatic rings. The van der Waals surface area contributed by atoms with Gasteiger partial charge in [-0.3, -0.25) is 9.59 Å². The van der Waals surface area contributed by atoms with Crippen molar-refractivity contribution in [3.8, 4) is 0 Å². The second kappa shape index (κ2) is 6.62. The van der Waals surface area contributed by atoms with Crippen LogP contribution < -0.4 is 0 Å². The Hall–Kier alpha value is -1.28. The maximum atomic E-state index is 12.8. The first-order valence-electron chi connectivity index (χ1n) is 11.6. The van der Waals surface area contributed by atoms with Crippen LogP contribution in [-0.4, -0.2) is 64.2 Å². The average molecular weight is 435 g/mol. The molecule has 0 amide bonds. The topological polar surface area (TPSA) is 109 Å². The fraction of sp³-hybridized carbons (Fsp3) is 0.833. The summed E-state index contributed by atoms with van der Waals surface area (Å²) in [6.07, 6.45) is 2.28. The molecule has 3 saturated carbocycles. The van der Waals surface area contributed by atoms with Crippen molar-refractivity contribution in [2.45, 2.75) is 94.9 Å². The van der Waals surface area contributed by atoms with Crippen molar-refractivity contribution in [3.63, 3.8) is 0 Å². The third kappa shape index (κ3) is 2.55. The van der Waals surface area contributed by atoms with Crippen molar-refractivity contribution >= 4 is 11.8 Å². The molecule has 9 atom stereocenters. The lowest BCUT2D eigenvalue weighted by Gasteiger charge is -2.42. The Morgan fingerprint density at radius 1 is 1.16 bits per heavy atom. The zero-order valence-electron chi connectivity index (χ0n) is 18.6. The number of fused-ring (bicyclic) bond motifs is 3. The van der Waals surface area contributed by atoms with Crippen molar-refractivity contribution < 1.29 is 34.0 Å². The Balaban J connectivity index is 1.32. The summed E-state index contributed by atoms with van der Waals surface area (Å²) in [7, 11) is 0. The number of allylic oxidation sites excluding steroid dienone is 1. The van der Waals surface area contributed by atoms with Gasteiger partial charge in [0, 0.05) is 36.0 Å². The molecule has 5 fully saturated rings. The van der Waals surface area contributed by atoms with Crippen LogP contribution in [0.5, 0.6) is 0 Å². The van der Waals surface area contributed by atoms with Gasteiger partial charge in [0.05, 0.1) is 12.7 Å². The van der Waals surface area contributed by atoms with Crippen molar-refractivity contribution in [2.75, 3.05) is 6.61 Å². The minimum absolute atomic E-state index is 0.0724. The lowest BCUT2D eigenvalue weighted by molar-refractivity contribution is -0.164. The van der Waals surface area contributed by atoms with Crippen LogP contribution in [0.2, 0.25) is 0 Å². The number of aliphatic hydroxyl groups excluding tert-OH is 2. The van der Waals surface area contributed by atoms with E-state index in [0.717, 1.165) is 6.42 Å². The van der Waals surface area contributed by atoms with Crippen molar-refractivity contribution in [3.05, 3.63) is 12.7 Å². The van der Waals surface area contributed by atoms with Crippen molar-refractivity contribution in [1.29, 1.82) is 0 Å². The van der Waals surface area contributed by atoms with Gasteiger partial charge >= 0.3 is 5.97 Å². The smallest absolute Gasteiger partial charge is 0.306 e. The number of aliphatic hydroxyl groups is 2. The number of epoxide rings is 2. The minimum atomic E-state index is -0.809. The van der Waals surface area contributed by atoms with E-state index >= 15 is 0 Å². The van der Waals surface area contributed by atoms with Crippen LogP contribution in [0.15, 0.2) is 12.7 Å². The normalized spacial score (nSPS) is 50.0. The second-order valence-corrected chi connectivity index (χ2v) is 11.1. The van der Waals surface area contributed by atoms with Gasteiger partial charge in [-0.1, -0.05) is 26.8 Å². The molecule has 3 aliphatic carbocycles. The van der Waals surface area contributed by atoms with Gasteiger partial charge in [0.1, 0.15) is 35.3 Å². The van der Waals surface area contributed by atoms with E-state index in [1.807, 2.05) is 6.92 Å². The molecule has 172 valence electrons. The van der Waals surface area contributed by atoms with Gasteiger partial charge in [0.25, 0.3) is 0 Å². The number of rotatable bonds is 8. The predicted octanol–water partition coefficient (Wildman–Crippen LogP) is 1.93. The van der Waals surface area contributed by atoms with Gasteiger partial charge in [0.2, 0.25) is 0 Å². The van der Waals surface area contributed by atoms with Crippen LogP contribution in [0.4, 0.5) is 0 Å². The number of hydrogen-bond donors (Lipinski definition) is 2. The molecule has 0 radical (unpaired) electrons. The highest BCUT2D eigenvalue weighted by Crippen LogP contribution is 2.82. The van der Waals surface area contributed by atoms with Crippen LogP contribution in [0.1, 0.15) is 59.3 Å². The maximum absolute atomic E-state index is 12.8.